The Morgan fingerprint density at radius 2 is 1.85 bits per heavy atom. The molecule has 1 aromatic carbocycles. The zero-order valence-corrected chi connectivity index (χ0v) is 8.51. The van der Waals surface area contributed by atoms with Gasteiger partial charge in [0.15, 0.2) is 0 Å². The van der Waals surface area contributed by atoms with E-state index in [1.807, 2.05) is 0 Å². The first-order valence-electron chi connectivity index (χ1n) is 4.85. The lowest BCUT2D eigenvalue weighted by molar-refractivity contribution is 0.967. The van der Waals surface area contributed by atoms with Crippen LogP contribution in [0.2, 0.25) is 0 Å². The van der Waals surface area contributed by atoms with Crippen LogP contribution in [0.15, 0.2) is 23.2 Å². The quantitative estimate of drug-likeness (QED) is 0.624. The summed E-state index contributed by atoms with van der Waals surface area (Å²) in [6.45, 7) is 8.67. The Labute approximate surface area is 80.5 Å². The highest BCUT2D eigenvalue weighted by atomic mass is 14.7. The van der Waals surface area contributed by atoms with E-state index in [9.17, 15) is 0 Å². The fourth-order valence-corrected chi connectivity index (χ4v) is 1.74. The fraction of sp³-hybridized carbons (Fsp3) is 0.417. The first-order chi connectivity index (χ1) is 6.33. The van der Waals surface area contributed by atoms with Gasteiger partial charge in [-0.05, 0) is 36.2 Å². The molecule has 0 atom stereocenters. The molecule has 0 unspecified atom stereocenters. The van der Waals surface area contributed by atoms with Crippen molar-refractivity contribution in [2.24, 2.45) is 4.99 Å². The number of nitrogens with zero attached hydrogens (tertiary/aromatic N) is 1. The minimum absolute atomic E-state index is 0.747. The van der Waals surface area contributed by atoms with Gasteiger partial charge in [-0.3, -0.25) is 4.99 Å². The Bertz CT molecular complexity index is 289. The second-order valence-corrected chi connectivity index (χ2v) is 3.14. The molecule has 1 aromatic rings. The molecule has 0 fully saturated rings. The molecule has 0 saturated heterocycles. The summed E-state index contributed by atoms with van der Waals surface area (Å²) in [7, 11) is 0. The van der Waals surface area contributed by atoms with E-state index in [1.54, 1.807) is 0 Å². The monoisotopic (exact) mass is 175 g/mol. The van der Waals surface area contributed by atoms with Crippen LogP contribution in [0, 0.1) is 0 Å². The summed E-state index contributed by atoms with van der Waals surface area (Å²) < 4.78 is 0. The van der Waals surface area contributed by atoms with Crippen LogP contribution in [0.25, 0.3) is 0 Å². The van der Waals surface area contributed by atoms with Crippen molar-refractivity contribution >= 4 is 6.72 Å². The Hall–Kier alpha value is -1.11. The first-order valence-corrected chi connectivity index (χ1v) is 4.85. The van der Waals surface area contributed by atoms with Crippen LogP contribution in [0.3, 0.4) is 0 Å². The summed E-state index contributed by atoms with van der Waals surface area (Å²) in [5, 5.41) is 0. The largest absolute Gasteiger partial charge is 0.296 e. The third kappa shape index (κ3) is 2.18. The predicted octanol–water partition coefficient (Wildman–Crippen LogP) is 3.01. The standard InChI is InChI=1S/C12H17N/c1-4-10-7-6-8-11(9-13-3)12(10)5-2/h6-8H,3-5,9H2,1-2H3. The molecule has 0 spiro atoms. The second kappa shape index (κ2) is 4.80. The molecule has 1 nitrogen and oxygen atoms in total. The Balaban J connectivity index is 3.10. The fourth-order valence-electron chi connectivity index (χ4n) is 1.74. The van der Waals surface area contributed by atoms with Crippen molar-refractivity contribution in [2.75, 3.05) is 0 Å². The summed E-state index contributed by atoms with van der Waals surface area (Å²) in [5.41, 5.74) is 4.23. The molecule has 70 valence electrons. The Morgan fingerprint density at radius 1 is 1.15 bits per heavy atom. The molecule has 0 aromatic heterocycles. The highest BCUT2D eigenvalue weighted by molar-refractivity contribution is 5.36. The van der Waals surface area contributed by atoms with Crippen LogP contribution >= 0.6 is 0 Å². The summed E-state index contributed by atoms with van der Waals surface area (Å²) in [6, 6.07) is 6.45. The van der Waals surface area contributed by atoms with Gasteiger partial charge in [0.2, 0.25) is 0 Å². The van der Waals surface area contributed by atoms with Crippen molar-refractivity contribution in [1.82, 2.24) is 0 Å². The van der Waals surface area contributed by atoms with Gasteiger partial charge in [-0.25, -0.2) is 0 Å². The second-order valence-electron chi connectivity index (χ2n) is 3.14. The molecule has 0 heterocycles. The van der Waals surface area contributed by atoms with Crippen molar-refractivity contribution in [3.8, 4) is 0 Å². The lowest BCUT2D eigenvalue weighted by atomic mass is 9.97. The van der Waals surface area contributed by atoms with Gasteiger partial charge >= 0.3 is 0 Å². The van der Waals surface area contributed by atoms with Gasteiger partial charge in [0.25, 0.3) is 0 Å². The maximum absolute atomic E-state index is 3.94. The maximum atomic E-state index is 3.94. The highest BCUT2D eigenvalue weighted by Crippen LogP contribution is 2.17. The minimum Gasteiger partial charge on any atom is -0.296 e. The molecule has 0 N–H and O–H groups in total. The smallest absolute Gasteiger partial charge is 0.0635 e. The summed E-state index contributed by atoms with van der Waals surface area (Å²) >= 11 is 0. The third-order valence-electron chi connectivity index (χ3n) is 2.39. The van der Waals surface area contributed by atoms with Crippen molar-refractivity contribution in [3.05, 3.63) is 34.9 Å². The van der Waals surface area contributed by atoms with Crippen molar-refractivity contribution in [3.63, 3.8) is 0 Å². The predicted molar refractivity (Wildman–Crippen MR) is 58.5 cm³/mol. The van der Waals surface area contributed by atoms with Gasteiger partial charge in [-0.15, -0.1) is 0 Å². The Morgan fingerprint density at radius 3 is 2.38 bits per heavy atom. The molecule has 0 radical (unpaired) electrons. The third-order valence-corrected chi connectivity index (χ3v) is 2.39. The molecular weight excluding hydrogens is 158 g/mol. The van der Waals surface area contributed by atoms with Crippen LogP contribution in [-0.4, -0.2) is 6.72 Å². The zero-order chi connectivity index (χ0) is 9.68. The summed E-state index contributed by atoms with van der Waals surface area (Å²) in [5.74, 6) is 0. The van der Waals surface area contributed by atoms with Crippen molar-refractivity contribution in [2.45, 2.75) is 33.2 Å². The van der Waals surface area contributed by atoms with Crippen LogP contribution in [0.4, 0.5) is 0 Å². The Kier molecular flexibility index (Phi) is 3.69. The van der Waals surface area contributed by atoms with Crippen molar-refractivity contribution in [1.29, 1.82) is 0 Å². The van der Waals surface area contributed by atoms with E-state index in [1.165, 1.54) is 16.7 Å². The van der Waals surface area contributed by atoms with Gasteiger partial charge in [0, 0.05) is 0 Å². The van der Waals surface area contributed by atoms with E-state index < -0.39 is 0 Å². The van der Waals surface area contributed by atoms with Gasteiger partial charge < -0.3 is 0 Å². The summed E-state index contributed by atoms with van der Waals surface area (Å²) in [6.07, 6.45) is 2.20. The van der Waals surface area contributed by atoms with E-state index in [-0.39, 0.29) is 0 Å². The van der Waals surface area contributed by atoms with Gasteiger partial charge in [0.1, 0.15) is 0 Å². The molecule has 0 aliphatic carbocycles. The van der Waals surface area contributed by atoms with E-state index in [0.29, 0.717) is 0 Å². The maximum Gasteiger partial charge on any atom is 0.0635 e. The van der Waals surface area contributed by atoms with Crippen LogP contribution in [0.5, 0.6) is 0 Å². The zero-order valence-electron chi connectivity index (χ0n) is 8.51. The number of aryl methyl sites for hydroxylation is 1. The topological polar surface area (TPSA) is 12.4 Å². The van der Waals surface area contributed by atoms with Crippen LogP contribution in [-0.2, 0) is 19.4 Å². The van der Waals surface area contributed by atoms with E-state index in [4.69, 9.17) is 0 Å². The number of benzene rings is 1. The molecule has 1 heteroatoms. The number of aliphatic imine (C=N–C) groups is 1. The molecule has 0 aliphatic rings. The molecular formula is C12H17N. The molecule has 0 saturated carbocycles. The molecule has 0 bridgehead atoms. The van der Waals surface area contributed by atoms with E-state index in [2.05, 4.69) is 43.8 Å². The van der Waals surface area contributed by atoms with Gasteiger partial charge in [-0.1, -0.05) is 32.0 Å². The average Bonchev–Trinajstić information content (AvgIpc) is 2.18. The number of rotatable bonds is 4. The molecule has 1 rings (SSSR count). The first kappa shape index (κ1) is 9.97. The van der Waals surface area contributed by atoms with Crippen LogP contribution in [0.1, 0.15) is 30.5 Å². The SMILES string of the molecule is C=NCc1cccc(CC)c1CC. The van der Waals surface area contributed by atoms with Crippen molar-refractivity contribution < 1.29 is 0 Å². The molecule has 0 amide bonds. The lowest BCUT2D eigenvalue weighted by Gasteiger charge is -2.10. The number of hydrogen-bond donors (Lipinski definition) is 0. The molecule has 13 heavy (non-hydrogen) atoms. The van der Waals surface area contributed by atoms with Gasteiger partial charge in [0.05, 0.1) is 6.54 Å². The normalized spacial score (nSPS) is 10.0. The minimum atomic E-state index is 0.747. The van der Waals surface area contributed by atoms with Crippen LogP contribution < -0.4 is 0 Å². The molecule has 0 aliphatic heterocycles. The number of hydrogen-bond acceptors (Lipinski definition) is 1. The lowest BCUT2D eigenvalue weighted by Crippen LogP contribution is -1.97. The van der Waals surface area contributed by atoms with E-state index in [0.717, 1.165) is 19.4 Å². The van der Waals surface area contributed by atoms with E-state index >= 15 is 0 Å². The average molecular weight is 175 g/mol. The summed E-state index contributed by atoms with van der Waals surface area (Å²) in [4.78, 5) is 3.94. The van der Waals surface area contributed by atoms with Gasteiger partial charge in [-0.2, -0.15) is 0 Å². The highest BCUT2D eigenvalue weighted by Gasteiger charge is 2.03.